The summed E-state index contributed by atoms with van der Waals surface area (Å²) in [6.07, 6.45) is 3.37. The molecule has 0 aromatic heterocycles. The molecule has 0 spiro atoms. The summed E-state index contributed by atoms with van der Waals surface area (Å²) in [6, 6.07) is 6.05. The van der Waals surface area contributed by atoms with E-state index in [0.29, 0.717) is 18.5 Å². The summed E-state index contributed by atoms with van der Waals surface area (Å²) < 4.78 is 23.8. The van der Waals surface area contributed by atoms with E-state index in [0.717, 1.165) is 44.9 Å². The van der Waals surface area contributed by atoms with Crippen LogP contribution < -0.4 is 15.4 Å². The third-order valence-electron chi connectivity index (χ3n) is 3.44. The van der Waals surface area contributed by atoms with Crippen molar-refractivity contribution in [1.29, 1.82) is 0 Å². The van der Waals surface area contributed by atoms with Crippen LogP contribution in [0.5, 0.6) is 5.75 Å². The lowest BCUT2D eigenvalue weighted by atomic mass is 10.2. The Morgan fingerprint density at radius 2 is 2.18 bits per heavy atom. The summed E-state index contributed by atoms with van der Waals surface area (Å²) >= 11 is 0. The van der Waals surface area contributed by atoms with Crippen molar-refractivity contribution in [2.45, 2.75) is 25.4 Å². The van der Waals surface area contributed by atoms with Gasteiger partial charge in [-0.05, 0) is 43.5 Å². The molecule has 22 heavy (non-hydrogen) atoms. The maximum absolute atomic E-state index is 12.7. The van der Waals surface area contributed by atoms with E-state index in [-0.39, 0.29) is 5.82 Å². The summed E-state index contributed by atoms with van der Waals surface area (Å²) in [7, 11) is 1.75. The number of hydrogen-bond donors (Lipinski definition) is 2. The molecule has 1 aliphatic rings. The molecule has 0 aliphatic carbocycles. The van der Waals surface area contributed by atoms with Crippen molar-refractivity contribution in [1.82, 2.24) is 10.6 Å². The highest BCUT2D eigenvalue weighted by atomic mass is 19.1. The Labute approximate surface area is 130 Å². The molecule has 1 aliphatic heterocycles. The molecule has 1 aromatic carbocycles. The molecular weight excluding hydrogens is 285 g/mol. The number of nitrogens with zero attached hydrogens (tertiary/aromatic N) is 1. The maximum atomic E-state index is 12.7. The van der Waals surface area contributed by atoms with Gasteiger partial charge in [0.2, 0.25) is 0 Å². The number of rotatable bonds is 7. The summed E-state index contributed by atoms with van der Waals surface area (Å²) in [5.41, 5.74) is 0. The van der Waals surface area contributed by atoms with E-state index in [1.165, 1.54) is 12.1 Å². The van der Waals surface area contributed by atoms with Crippen LogP contribution in [0.4, 0.5) is 4.39 Å². The number of aliphatic imine (C=N–C) groups is 1. The third-order valence-corrected chi connectivity index (χ3v) is 3.44. The molecule has 6 heteroatoms. The van der Waals surface area contributed by atoms with Gasteiger partial charge >= 0.3 is 0 Å². The molecule has 0 amide bonds. The van der Waals surface area contributed by atoms with Crippen molar-refractivity contribution in [2.24, 2.45) is 4.99 Å². The van der Waals surface area contributed by atoms with Gasteiger partial charge in [0.1, 0.15) is 11.6 Å². The van der Waals surface area contributed by atoms with Crippen LogP contribution in [-0.4, -0.2) is 45.4 Å². The second kappa shape index (κ2) is 9.25. The molecule has 1 unspecified atom stereocenters. The molecule has 2 rings (SSSR count). The minimum Gasteiger partial charge on any atom is -0.494 e. The van der Waals surface area contributed by atoms with Crippen molar-refractivity contribution in [3.8, 4) is 5.75 Å². The van der Waals surface area contributed by atoms with Crippen molar-refractivity contribution in [2.75, 3.05) is 33.4 Å². The van der Waals surface area contributed by atoms with Crippen LogP contribution in [0.25, 0.3) is 0 Å². The predicted molar refractivity (Wildman–Crippen MR) is 84.9 cm³/mol. The van der Waals surface area contributed by atoms with E-state index in [1.54, 1.807) is 19.2 Å². The topological polar surface area (TPSA) is 54.9 Å². The third kappa shape index (κ3) is 5.89. The lowest BCUT2D eigenvalue weighted by Crippen LogP contribution is -2.41. The zero-order valence-electron chi connectivity index (χ0n) is 13.0. The number of guanidine groups is 1. The van der Waals surface area contributed by atoms with Crippen LogP contribution in [0.3, 0.4) is 0 Å². The van der Waals surface area contributed by atoms with Gasteiger partial charge < -0.3 is 20.1 Å². The lowest BCUT2D eigenvalue weighted by molar-refractivity contribution is 0.114. The fourth-order valence-electron chi connectivity index (χ4n) is 2.24. The molecule has 0 saturated carbocycles. The average molecular weight is 309 g/mol. The minimum absolute atomic E-state index is 0.255. The largest absolute Gasteiger partial charge is 0.494 e. The Morgan fingerprint density at radius 3 is 2.86 bits per heavy atom. The average Bonchev–Trinajstić information content (AvgIpc) is 3.05. The molecule has 122 valence electrons. The van der Waals surface area contributed by atoms with Crippen molar-refractivity contribution >= 4 is 5.96 Å². The van der Waals surface area contributed by atoms with Crippen molar-refractivity contribution in [3.05, 3.63) is 30.1 Å². The van der Waals surface area contributed by atoms with Gasteiger partial charge in [-0.15, -0.1) is 0 Å². The minimum atomic E-state index is -0.255. The highest BCUT2D eigenvalue weighted by Gasteiger charge is 2.15. The quantitative estimate of drug-likeness (QED) is 0.459. The van der Waals surface area contributed by atoms with E-state index in [9.17, 15) is 4.39 Å². The summed E-state index contributed by atoms with van der Waals surface area (Å²) in [6.45, 7) is 2.97. The first-order valence-electron chi connectivity index (χ1n) is 7.72. The smallest absolute Gasteiger partial charge is 0.191 e. The van der Waals surface area contributed by atoms with Gasteiger partial charge in [0.15, 0.2) is 5.96 Å². The maximum Gasteiger partial charge on any atom is 0.191 e. The highest BCUT2D eigenvalue weighted by molar-refractivity contribution is 5.79. The van der Waals surface area contributed by atoms with Gasteiger partial charge in [0.25, 0.3) is 0 Å². The molecule has 5 nitrogen and oxygen atoms in total. The molecule has 2 N–H and O–H groups in total. The van der Waals surface area contributed by atoms with E-state index < -0.39 is 0 Å². The molecule has 1 heterocycles. The molecule has 1 fully saturated rings. The number of ether oxygens (including phenoxy) is 2. The van der Waals surface area contributed by atoms with Gasteiger partial charge in [0, 0.05) is 26.7 Å². The first kappa shape index (κ1) is 16.5. The summed E-state index contributed by atoms with van der Waals surface area (Å²) in [5, 5.41) is 6.49. The molecule has 0 radical (unpaired) electrons. The fourth-order valence-corrected chi connectivity index (χ4v) is 2.24. The monoisotopic (exact) mass is 309 g/mol. The zero-order chi connectivity index (χ0) is 15.6. The van der Waals surface area contributed by atoms with Gasteiger partial charge in [-0.1, -0.05) is 0 Å². The Balaban J connectivity index is 1.55. The number of benzene rings is 1. The Morgan fingerprint density at radius 1 is 1.36 bits per heavy atom. The van der Waals surface area contributed by atoms with Crippen LogP contribution in [0.15, 0.2) is 29.3 Å². The van der Waals surface area contributed by atoms with E-state index in [2.05, 4.69) is 15.6 Å². The van der Waals surface area contributed by atoms with Gasteiger partial charge in [-0.3, -0.25) is 4.99 Å². The fraction of sp³-hybridized carbons (Fsp3) is 0.562. The number of halogens is 1. The number of nitrogens with one attached hydrogen (secondary N) is 2. The van der Waals surface area contributed by atoms with Crippen LogP contribution >= 0.6 is 0 Å². The molecule has 0 bridgehead atoms. The molecule has 1 atom stereocenters. The van der Waals surface area contributed by atoms with Gasteiger partial charge in [-0.25, -0.2) is 4.39 Å². The standard InChI is InChI=1S/C16H24FN3O2/c1-18-16(20-12-15-4-2-10-22-15)19-9-3-11-21-14-7-5-13(17)6-8-14/h5-8,15H,2-4,9-12H2,1H3,(H2,18,19,20). The molecular formula is C16H24FN3O2. The normalized spacial score (nSPS) is 18.3. The highest BCUT2D eigenvalue weighted by Crippen LogP contribution is 2.11. The van der Waals surface area contributed by atoms with Crippen LogP contribution in [0.1, 0.15) is 19.3 Å². The zero-order valence-corrected chi connectivity index (χ0v) is 13.0. The summed E-state index contributed by atoms with van der Waals surface area (Å²) in [4.78, 5) is 4.17. The van der Waals surface area contributed by atoms with Crippen molar-refractivity contribution in [3.63, 3.8) is 0 Å². The van der Waals surface area contributed by atoms with E-state index in [1.807, 2.05) is 0 Å². The Bertz CT molecular complexity index is 459. The first-order valence-corrected chi connectivity index (χ1v) is 7.72. The predicted octanol–water partition coefficient (Wildman–Crippen LogP) is 1.94. The Hall–Kier alpha value is -1.82. The van der Waals surface area contributed by atoms with Crippen LogP contribution in [-0.2, 0) is 4.74 Å². The van der Waals surface area contributed by atoms with Crippen molar-refractivity contribution < 1.29 is 13.9 Å². The van der Waals surface area contributed by atoms with Crippen LogP contribution in [0, 0.1) is 5.82 Å². The van der Waals surface area contributed by atoms with E-state index >= 15 is 0 Å². The molecule has 1 saturated heterocycles. The second-order valence-electron chi connectivity index (χ2n) is 5.17. The molecule has 1 aromatic rings. The van der Waals surface area contributed by atoms with Gasteiger partial charge in [-0.2, -0.15) is 0 Å². The summed E-state index contributed by atoms with van der Waals surface area (Å²) in [5.74, 6) is 1.20. The lowest BCUT2D eigenvalue weighted by Gasteiger charge is -2.15. The Kier molecular flexibility index (Phi) is 6.96. The second-order valence-corrected chi connectivity index (χ2v) is 5.17. The SMILES string of the molecule is CN=C(NCCCOc1ccc(F)cc1)NCC1CCCO1. The van der Waals surface area contributed by atoms with Gasteiger partial charge in [0.05, 0.1) is 12.7 Å². The number of hydrogen-bond acceptors (Lipinski definition) is 3. The van der Waals surface area contributed by atoms with Crippen LogP contribution in [0.2, 0.25) is 0 Å². The van der Waals surface area contributed by atoms with E-state index in [4.69, 9.17) is 9.47 Å². The first-order chi connectivity index (χ1) is 10.8.